The van der Waals surface area contributed by atoms with Gasteiger partial charge in [-0.25, -0.2) is 0 Å². The van der Waals surface area contributed by atoms with Crippen LogP contribution in [-0.4, -0.2) is 18.8 Å². The Kier molecular flexibility index (Phi) is 4.04. The summed E-state index contributed by atoms with van der Waals surface area (Å²) in [6.45, 7) is 4.60. The van der Waals surface area contributed by atoms with Crippen LogP contribution in [0.15, 0.2) is 28.7 Å². The molecule has 0 aliphatic heterocycles. The van der Waals surface area contributed by atoms with Gasteiger partial charge in [-0.05, 0) is 25.3 Å². The van der Waals surface area contributed by atoms with Crippen molar-refractivity contribution >= 4 is 11.0 Å². The van der Waals surface area contributed by atoms with Gasteiger partial charge in [0.15, 0.2) is 0 Å². The van der Waals surface area contributed by atoms with Crippen LogP contribution in [0.25, 0.3) is 11.0 Å². The molecule has 0 spiro atoms. The third kappa shape index (κ3) is 2.42. The van der Waals surface area contributed by atoms with E-state index in [4.69, 9.17) is 9.15 Å². The number of aliphatic hydroxyl groups excluding tert-OH is 1. The van der Waals surface area contributed by atoms with E-state index in [-0.39, 0.29) is 5.92 Å². The second kappa shape index (κ2) is 5.55. The molecule has 0 amide bonds. The maximum Gasteiger partial charge on any atom is 0.134 e. The number of benzene rings is 1. The van der Waals surface area contributed by atoms with Crippen molar-refractivity contribution in [1.29, 1.82) is 0 Å². The maximum atomic E-state index is 10.5. The molecule has 2 unspecified atom stereocenters. The van der Waals surface area contributed by atoms with E-state index in [9.17, 15) is 5.11 Å². The number of hydrogen-bond acceptors (Lipinski definition) is 3. The van der Waals surface area contributed by atoms with E-state index in [1.165, 1.54) is 0 Å². The highest BCUT2D eigenvalue weighted by atomic mass is 16.5. The molecule has 0 fully saturated rings. The first kappa shape index (κ1) is 13.1. The van der Waals surface area contributed by atoms with Crippen molar-refractivity contribution in [2.24, 2.45) is 5.92 Å². The third-order valence-electron chi connectivity index (χ3n) is 3.43. The Balaban J connectivity index is 2.32. The minimum absolute atomic E-state index is 0.143. The summed E-state index contributed by atoms with van der Waals surface area (Å²) in [6.07, 6.45) is 0.320. The van der Waals surface area contributed by atoms with E-state index in [1.807, 2.05) is 38.1 Å². The first-order chi connectivity index (χ1) is 8.65. The van der Waals surface area contributed by atoms with Crippen LogP contribution in [0.3, 0.4) is 0 Å². The summed E-state index contributed by atoms with van der Waals surface area (Å²) >= 11 is 0. The van der Waals surface area contributed by atoms with Crippen molar-refractivity contribution in [1.82, 2.24) is 0 Å². The standard InChI is InChI=1S/C15H20O3/c1-10(8-9-17-3)15(16)14-11(2)18-13-7-5-4-6-12(13)14/h4-7,10,15-16H,8-9H2,1-3H3. The fourth-order valence-corrected chi connectivity index (χ4v) is 2.30. The molecule has 0 saturated heterocycles. The Morgan fingerprint density at radius 1 is 1.33 bits per heavy atom. The van der Waals surface area contributed by atoms with Crippen LogP contribution in [0.5, 0.6) is 0 Å². The largest absolute Gasteiger partial charge is 0.461 e. The molecular formula is C15H20O3. The summed E-state index contributed by atoms with van der Waals surface area (Å²) in [5, 5.41) is 11.5. The number of fused-ring (bicyclic) bond motifs is 1. The minimum Gasteiger partial charge on any atom is -0.461 e. The zero-order chi connectivity index (χ0) is 13.1. The lowest BCUT2D eigenvalue weighted by Crippen LogP contribution is -2.12. The number of aliphatic hydroxyl groups is 1. The van der Waals surface area contributed by atoms with Crippen LogP contribution in [0.1, 0.15) is 30.8 Å². The fourth-order valence-electron chi connectivity index (χ4n) is 2.30. The topological polar surface area (TPSA) is 42.6 Å². The number of furan rings is 1. The molecule has 2 rings (SSSR count). The molecule has 0 bridgehead atoms. The van der Waals surface area contributed by atoms with Crippen molar-refractivity contribution in [3.05, 3.63) is 35.6 Å². The molecule has 0 saturated carbocycles. The monoisotopic (exact) mass is 248 g/mol. The molecule has 2 atom stereocenters. The van der Waals surface area contributed by atoms with Gasteiger partial charge in [0.2, 0.25) is 0 Å². The molecule has 3 nitrogen and oxygen atoms in total. The van der Waals surface area contributed by atoms with Gasteiger partial charge >= 0.3 is 0 Å². The Bertz CT molecular complexity index is 515. The van der Waals surface area contributed by atoms with Crippen LogP contribution in [0.4, 0.5) is 0 Å². The Labute approximate surface area is 107 Å². The Morgan fingerprint density at radius 3 is 2.78 bits per heavy atom. The number of hydrogen-bond donors (Lipinski definition) is 1. The van der Waals surface area contributed by atoms with E-state index in [0.29, 0.717) is 6.61 Å². The van der Waals surface area contributed by atoms with E-state index < -0.39 is 6.10 Å². The second-order valence-electron chi connectivity index (χ2n) is 4.77. The Morgan fingerprint density at radius 2 is 2.06 bits per heavy atom. The number of methoxy groups -OCH3 is 1. The molecule has 1 N–H and O–H groups in total. The molecule has 2 aromatic rings. The van der Waals surface area contributed by atoms with Crippen LogP contribution < -0.4 is 0 Å². The lowest BCUT2D eigenvalue weighted by molar-refractivity contribution is 0.0883. The smallest absolute Gasteiger partial charge is 0.134 e. The molecule has 3 heteroatoms. The van der Waals surface area contributed by atoms with Crippen LogP contribution in [-0.2, 0) is 4.74 Å². The SMILES string of the molecule is COCCC(C)C(O)c1c(C)oc2ccccc12. The number of rotatable bonds is 5. The summed E-state index contributed by atoms with van der Waals surface area (Å²) in [5.74, 6) is 0.942. The third-order valence-corrected chi connectivity index (χ3v) is 3.43. The van der Waals surface area contributed by atoms with Gasteiger partial charge in [-0.1, -0.05) is 25.1 Å². The van der Waals surface area contributed by atoms with Gasteiger partial charge in [0, 0.05) is 24.7 Å². The number of ether oxygens (including phenoxy) is 1. The van der Waals surface area contributed by atoms with Gasteiger partial charge in [0.05, 0.1) is 6.10 Å². The zero-order valence-corrected chi connectivity index (χ0v) is 11.1. The quantitative estimate of drug-likeness (QED) is 0.881. The predicted octanol–water partition coefficient (Wildman–Crippen LogP) is 3.45. The highest BCUT2D eigenvalue weighted by Gasteiger charge is 2.23. The number of aryl methyl sites for hydroxylation is 1. The molecule has 1 aromatic heterocycles. The van der Waals surface area contributed by atoms with Crippen molar-refractivity contribution in [3.8, 4) is 0 Å². The molecule has 0 aliphatic carbocycles. The first-order valence-electron chi connectivity index (χ1n) is 6.30. The molecule has 0 radical (unpaired) electrons. The molecule has 1 aromatic carbocycles. The van der Waals surface area contributed by atoms with E-state index in [1.54, 1.807) is 7.11 Å². The lowest BCUT2D eigenvalue weighted by Gasteiger charge is -2.18. The fraction of sp³-hybridized carbons (Fsp3) is 0.467. The lowest BCUT2D eigenvalue weighted by atomic mass is 9.93. The molecular weight excluding hydrogens is 228 g/mol. The minimum atomic E-state index is -0.510. The van der Waals surface area contributed by atoms with Crippen molar-refractivity contribution < 1.29 is 14.3 Å². The van der Waals surface area contributed by atoms with Gasteiger partial charge in [-0.3, -0.25) is 0 Å². The first-order valence-corrected chi connectivity index (χ1v) is 6.30. The zero-order valence-electron chi connectivity index (χ0n) is 11.1. The molecule has 98 valence electrons. The number of para-hydroxylation sites is 1. The average molecular weight is 248 g/mol. The highest BCUT2D eigenvalue weighted by Crippen LogP contribution is 2.34. The van der Waals surface area contributed by atoms with Gasteiger partial charge in [0.1, 0.15) is 11.3 Å². The normalized spacial score (nSPS) is 14.9. The summed E-state index contributed by atoms with van der Waals surface area (Å²) in [5.41, 5.74) is 1.75. The van der Waals surface area contributed by atoms with Crippen LogP contribution in [0, 0.1) is 12.8 Å². The predicted molar refractivity (Wildman–Crippen MR) is 71.6 cm³/mol. The van der Waals surface area contributed by atoms with E-state index >= 15 is 0 Å². The van der Waals surface area contributed by atoms with Crippen molar-refractivity contribution in [3.63, 3.8) is 0 Å². The average Bonchev–Trinajstić information content (AvgIpc) is 2.70. The Hall–Kier alpha value is -1.32. The second-order valence-corrected chi connectivity index (χ2v) is 4.77. The van der Waals surface area contributed by atoms with Gasteiger partial charge in [-0.15, -0.1) is 0 Å². The van der Waals surface area contributed by atoms with Gasteiger partial charge in [0.25, 0.3) is 0 Å². The van der Waals surface area contributed by atoms with Crippen LogP contribution in [0.2, 0.25) is 0 Å². The molecule has 18 heavy (non-hydrogen) atoms. The van der Waals surface area contributed by atoms with Gasteiger partial charge < -0.3 is 14.3 Å². The summed E-state index contributed by atoms with van der Waals surface area (Å²) in [4.78, 5) is 0. The summed E-state index contributed by atoms with van der Waals surface area (Å²) < 4.78 is 10.7. The maximum absolute atomic E-state index is 10.5. The van der Waals surface area contributed by atoms with E-state index in [2.05, 4.69) is 0 Å². The summed E-state index contributed by atoms with van der Waals surface area (Å²) in [7, 11) is 1.68. The van der Waals surface area contributed by atoms with Gasteiger partial charge in [-0.2, -0.15) is 0 Å². The highest BCUT2D eigenvalue weighted by molar-refractivity contribution is 5.82. The van der Waals surface area contributed by atoms with E-state index in [0.717, 1.165) is 28.7 Å². The molecule has 0 aliphatic rings. The summed E-state index contributed by atoms with van der Waals surface area (Å²) in [6, 6.07) is 7.83. The van der Waals surface area contributed by atoms with Crippen LogP contribution >= 0.6 is 0 Å². The van der Waals surface area contributed by atoms with Crippen molar-refractivity contribution in [2.45, 2.75) is 26.4 Å². The van der Waals surface area contributed by atoms with Crippen molar-refractivity contribution in [2.75, 3.05) is 13.7 Å². The molecule has 1 heterocycles.